The third-order valence-electron chi connectivity index (χ3n) is 4.55. The number of hydrogen-bond donors (Lipinski definition) is 0. The summed E-state index contributed by atoms with van der Waals surface area (Å²) < 4.78 is 1.84. The van der Waals surface area contributed by atoms with E-state index in [9.17, 15) is 0 Å². The normalized spacial score (nSPS) is 19.7. The van der Waals surface area contributed by atoms with Gasteiger partial charge in [-0.15, -0.1) is 0 Å². The SMILES string of the molecule is CC(C)N1CCC[C@H](Cc2cncc(-c3ccnn3C)n2)C1. The van der Waals surface area contributed by atoms with E-state index in [0.29, 0.717) is 12.0 Å². The minimum absolute atomic E-state index is 0.634. The lowest BCUT2D eigenvalue weighted by Crippen LogP contribution is -2.40. The molecule has 0 amide bonds. The van der Waals surface area contributed by atoms with E-state index in [1.807, 2.05) is 30.2 Å². The van der Waals surface area contributed by atoms with Crippen molar-refractivity contribution < 1.29 is 0 Å². The number of aromatic nitrogens is 4. The quantitative estimate of drug-likeness (QED) is 0.870. The van der Waals surface area contributed by atoms with Crippen molar-refractivity contribution in [2.75, 3.05) is 13.1 Å². The van der Waals surface area contributed by atoms with Gasteiger partial charge in [0.1, 0.15) is 5.69 Å². The van der Waals surface area contributed by atoms with Gasteiger partial charge in [-0.25, -0.2) is 4.98 Å². The van der Waals surface area contributed by atoms with Gasteiger partial charge < -0.3 is 4.90 Å². The molecule has 1 atom stereocenters. The van der Waals surface area contributed by atoms with Crippen LogP contribution in [0.2, 0.25) is 0 Å². The molecule has 0 aromatic carbocycles. The molecule has 1 aliphatic rings. The second kappa shape index (κ2) is 6.57. The molecule has 3 rings (SSSR count). The fraction of sp³-hybridized carbons (Fsp3) is 0.588. The van der Waals surface area contributed by atoms with E-state index in [1.54, 1.807) is 6.20 Å². The highest BCUT2D eigenvalue weighted by molar-refractivity contribution is 5.52. The first-order valence-corrected chi connectivity index (χ1v) is 8.17. The highest BCUT2D eigenvalue weighted by Gasteiger charge is 2.22. The average molecular weight is 299 g/mol. The zero-order valence-electron chi connectivity index (χ0n) is 13.7. The minimum atomic E-state index is 0.634. The molecule has 0 bridgehead atoms. The lowest BCUT2D eigenvalue weighted by molar-refractivity contribution is 0.139. The predicted molar refractivity (Wildman–Crippen MR) is 87.4 cm³/mol. The number of aryl methyl sites for hydroxylation is 1. The van der Waals surface area contributed by atoms with Crippen molar-refractivity contribution in [3.8, 4) is 11.4 Å². The summed E-state index contributed by atoms with van der Waals surface area (Å²) in [4.78, 5) is 11.8. The molecule has 0 radical (unpaired) electrons. The van der Waals surface area contributed by atoms with Gasteiger partial charge in [-0.2, -0.15) is 5.10 Å². The Morgan fingerprint density at radius 3 is 2.91 bits per heavy atom. The Morgan fingerprint density at radius 1 is 1.32 bits per heavy atom. The molecular weight excluding hydrogens is 274 g/mol. The topological polar surface area (TPSA) is 46.8 Å². The van der Waals surface area contributed by atoms with Crippen LogP contribution in [-0.2, 0) is 13.5 Å². The van der Waals surface area contributed by atoms with Crippen LogP contribution in [0, 0.1) is 5.92 Å². The molecule has 1 fully saturated rings. The maximum Gasteiger partial charge on any atom is 0.107 e. The number of likely N-dealkylation sites (tertiary alicyclic amines) is 1. The zero-order chi connectivity index (χ0) is 15.5. The highest BCUT2D eigenvalue weighted by atomic mass is 15.3. The molecule has 5 nitrogen and oxygen atoms in total. The van der Waals surface area contributed by atoms with Gasteiger partial charge in [-0.05, 0) is 51.6 Å². The number of nitrogens with zero attached hydrogens (tertiary/aromatic N) is 5. The molecule has 0 unspecified atom stereocenters. The molecule has 3 heterocycles. The van der Waals surface area contributed by atoms with Gasteiger partial charge in [-0.3, -0.25) is 9.67 Å². The van der Waals surface area contributed by atoms with E-state index >= 15 is 0 Å². The summed E-state index contributed by atoms with van der Waals surface area (Å²) in [5, 5.41) is 4.21. The monoisotopic (exact) mass is 299 g/mol. The standard InChI is InChI=1S/C17H25N5/c1-13(2)22-8-4-5-14(12-22)9-15-10-18-11-16(20-15)17-6-7-19-21(17)3/h6-7,10-11,13-14H,4-5,8-9,12H2,1-3H3/t14-/m1/s1. The van der Waals surface area contributed by atoms with E-state index in [1.165, 1.54) is 25.9 Å². The lowest BCUT2D eigenvalue weighted by Gasteiger charge is -2.35. The maximum absolute atomic E-state index is 4.80. The van der Waals surface area contributed by atoms with E-state index in [4.69, 9.17) is 4.98 Å². The first kappa shape index (κ1) is 15.2. The van der Waals surface area contributed by atoms with E-state index in [2.05, 4.69) is 28.8 Å². The van der Waals surface area contributed by atoms with Crippen molar-refractivity contribution in [1.29, 1.82) is 0 Å². The summed E-state index contributed by atoms with van der Waals surface area (Å²) in [5.74, 6) is 0.687. The Kier molecular flexibility index (Phi) is 4.52. The number of hydrogen-bond acceptors (Lipinski definition) is 4. The summed E-state index contributed by atoms with van der Waals surface area (Å²) in [6.07, 6.45) is 9.13. The van der Waals surface area contributed by atoms with Crippen LogP contribution in [0.25, 0.3) is 11.4 Å². The van der Waals surface area contributed by atoms with E-state index in [0.717, 1.165) is 23.5 Å². The number of rotatable bonds is 4. The van der Waals surface area contributed by atoms with Gasteiger partial charge >= 0.3 is 0 Å². The molecule has 0 spiro atoms. The van der Waals surface area contributed by atoms with Crippen LogP contribution >= 0.6 is 0 Å². The van der Waals surface area contributed by atoms with E-state index in [-0.39, 0.29) is 0 Å². The molecular formula is C17H25N5. The Balaban J connectivity index is 1.72. The van der Waals surface area contributed by atoms with Crippen molar-refractivity contribution in [1.82, 2.24) is 24.6 Å². The molecule has 118 valence electrons. The summed E-state index contributed by atoms with van der Waals surface area (Å²) in [7, 11) is 1.94. The Morgan fingerprint density at radius 2 is 2.18 bits per heavy atom. The molecule has 22 heavy (non-hydrogen) atoms. The van der Waals surface area contributed by atoms with Gasteiger partial charge in [-0.1, -0.05) is 0 Å². The van der Waals surface area contributed by atoms with Crippen molar-refractivity contribution in [2.45, 2.75) is 39.2 Å². The summed E-state index contributed by atoms with van der Waals surface area (Å²) >= 11 is 0. The molecule has 1 saturated heterocycles. The average Bonchev–Trinajstić information content (AvgIpc) is 2.94. The van der Waals surface area contributed by atoms with Gasteiger partial charge in [0.2, 0.25) is 0 Å². The Bertz CT molecular complexity index is 619. The predicted octanol–water partition coefficient (Wildman–Crippen LogP) is 2.54. The molecule has 1 aliphatic heterocycles. The largest absolute Gasteiger partial charge is 0.301 e. The first-order valence-electron chi connectivity index (χ1n) is 8.17. The van der Waals surface area contributed by atoms with Gasteiger partial charge in [0.25, 0.3) is 0 Å². The van der Waals surface area contributed by atoms with Gasteiger partial charge in [0.05, 0.1) is 17.6 Å². The van der Waals surface area contributed by atoms with E-state index < -0.39 is 0 Å². The molecule has 0 N–H and O–H groups in total. The fourth-order valence-electron chi connectivity index (χ4n) is 3.28. The van der Waals surface area contributed by atoms with Crippen LogP contribution in [0.15, 0.2) is 24.7 Å². The Labute approximate surface area is 132 Å². The van der Waals surface area contributed by atoms with Crippen LogP contribution in [0.3, 0.4) is 0 Å². The first-order chi connectivity index (χ1) is 10.6. The van der Waals surface area contributed by atoms with Gasteiger partial charge in [0.15, 0.2) is 0 Å². The maximum atomic E-state index is 4.80. The van der Waals surface area contributed by atoms with Crippen LogP contribution in [0.4, 0.5) is 0 Å². The highest BCUT2D eigenvalue weighted by Crippen LogP contribution is 2.22. The molecule has 5 heteroatoms. The molecule has 0 aliphatic carbocycles. The third-order valence-corrected chi connectivity index (χ3v) is 4.55. The zero-order valence-corrected chi connectivity index (χ0v) is 13.7. The third kappa shape index (κ3) is 3.35. The lowest BCUT2D eigenvalue weighted by atomic mass is 9.93. The Hall–Kier alpha value is -1.75. The van der Waals surface area contributed by atoms with Gasteiger partial charge in [0, 0.05) is 32.0 Å². The summed E-state index contributed by atoms with van der Waals surface area (Å²) in [6, 6.07) is 2.61. The van der Waals surface area contributed by atoms with Crippen LogP contribution in [0.1, 0.15) is 32.4 Å². The van der Waals surface area contributed by atoms with Crippen molar-refractivity contribution in [3.63, 3.8) is 0 Å². The summed E-state index contributed by atoms with van der Waals surface area (Å²) in [5.41, 5.74) is 3.02. The van der Waals surface area contributed by atoms with Crippen molar-refractivity contribution in [3.05, 3.63) is 30.4 Å². The molecule has 2 aromatic heterocycles. The molecule has 2 aromatic rings. The summed E-state index contributed by atoms with van der Waals surface area (Å²) in [6.45, 7) is 6.97. The van der Waals surface area contributed by atoms with Crippen molar-refractivity contribution >= 4 is 0 Å². The second-order valence-corrected chi connectivity index (χ2v) is 6.54. The fourth-order valence-corrected chi connectivity index (χ4v) is 3.28. The van der Waals surface area contributed by atoms with Crippen molar-refractivity contribution in [2.24, 2.45) is 13.0 Å². The van der Waals surface area contributed by atoms with Crippen LogP contribution in [0.5, 0.6) is 0 Å². The molecule has 0 saturated carbocycles. The van der Waals surface area contributed by atoms with Crippen LogP contribution in [-0.4, -0.2) is 43.8 Å². The smallest absolute Gasteiger partial charge is 0.107 e. The van der Waals surface area contributed by atoms with Crippen LogP contribution < -0.4 is 0 Å². The second-order valence-electron chi connectivity index (χ2n) is 6.54. The number of piperidine rings is 1. The minimum Gasteiger partial charge on any atom is -0.301 e.